The van der Waals surface area contributed by atoms with E-state index < -0.39 is 28.5 Å². The van der Waals surface area contributed by atoms with Crippen molar-refractivity contribution in [2.75, 3.05) is 17.9 Å². The number of likely N-dealkylation sites (N-methyl/N-ethyl adjacent to an activating group) is 1. The number of carbonyl (C=O) groups excluding carboxylic acids is 2. The van der Waals surface area contributed by atoms with E-state index in [1.807, 2.05) is 37.3 Å². The molecular weight excluding hydrogens is 574 g/mol. The second-order valence-corrected chi connectivity index (χ2v) is 12.0. The van der Waals surface area contributed by atoms with Crippen LogP contribution >= 0.6 is 11.6 Å². The molecule has 1 atom stereocenters. The molecule has 0 bridgehead atoms. The number of para-hydroxylation sites is 1. The van der Waals surface area contributed by atoms with E-state index in [0.29, 0.717) is 16.5 Å². The van der Waals surface area contributed by atoms with Gasteiger partial charge in [0.05, 0.1) is 10.6 Å². The topological polar surface area (TPSA) is 96.0 Å². The lowest BCUT2D eigenvalue weighted by molar-refractivity contribution is -0.139. The van der Waals surface area contributed by atoms with Gasteiger partial charge in [-0.25, -0.2) is 8.42 Å². The van der Waals surface area contributed by atoms with Gasteiger partial charge in [-0.2, -0.15) is 0 Å². The van der Waals surface area contributed by atoms with E-state index in [2.05, 4.69) is 5.32 Å². The number of aryl methyl sites for hydroxylation is 1. The highest BCUT2D eigenvalue weighted by Gasteiger charge is 2.32. The van der Waals surface area contributed by atoms with Crippen molar-refractivity contribution in [3.05, 3.63) is 119 Å². The third kappa shape index (κ3) is 7.48. The summed E-state index contributed by atoms with van der Waals surface area (Å²) in [5.41, 5.74) is 1.90. The van der Waals surface area contributed by atoms with Crippen molar-refractivity contribution >= 4 is 39.1 Å². The van der Waals surface area contributed by atoms with Crippen molar-refractivity contribution < 1.29 is 22.7 Å². The van der Waals surface area contributed by atoms with Crippen LogP contribution in [0.25, 0.3) is 0 Å². The van der Waals surface area contributed by atoms with Gasteiger partial charge < -0.3 is 15.0 Å². The molecule has 0 spiro atoms. The number of carbonyl (C=O) groups is 2. The summed E-state index contributed by atoms with van der Waals surface area (Å²) in [6.45, 7) is 3.00. The molecule has 0 aromatic heterocycles. The Morgan fingerprint density at radius 2 is 1.45 bits per heavy atom. The molecule has 0 aliphatic heterocycles. The smallest absolute Gasteiger partial charge is 0.264 e. The molecule has 4 aromatic carbocycles. The van der Waals surface area contributed by atoms with Gasteiger partial charge in [-0.15, -0.1) is 0 Å². The Labute approximate surface area is 251 Å². The quantitative estimate of drug-likeness (QED) is 0.233. The SMILES string of the molecule is CNC(=O)[C@@H](C)N(Cc1ccc(Cl)cc1)C(=O)CN(c1ccc(Oc2ccccc2)cc1)S(=O)(=O)c1ccc(C)cc1. The van der Waals surface area contributed by atoms with Crippen LogP contribution in [0, 0.1) is 6.92 Å². The predicted octanol–water partition coefficient (Wildman–Crippen LogP) is 5.80. The summed E-state index contributed by atoms with van der Waals surface area (Å²) >= 11 is 6.03. The fourth-order valence-corrected chi connectivity index (χ4v) is 5.79. The fraction of sp³-hybridized carbons (Fsp3) is 0.188. The summed E-state index contributed by atoms with van der Waals surface area (Å²) < 4.78 is 34.8. The predicted molar refractivity (Wildman–Crippen MR) is 164 cm³/mol. The van der Waals surface area contributed by atoms with Crippen LogP contribution in [0.1, 0.15) is 18.1 Å². The Balaban J connectivity index is 1.69. The number of nitrogens with one attached hydrogen (secondary N) is 1. The minimum absolute atomic E-state index is 0.0362. The van der Waals surface area contributed by atoms with Crippen molar-refractivity contribution in [2.24, 2.45) is 0 Å². The van der Waals surface area contributed by atoms with Crippen LogP contribution < -0.4 is 14.4 Å². The number of sulfonamides is 1. The Morgan fingerprint density at radius 3 is 2.05 bits per heavy atom. The van der Waals surface area contributed by atoms with Crippen LogP contribution in [0.2, 0.25) is 5.02 Å². The van der Waals surface area contributed by atoms with E-state index in [1.165, 1.54) is 24.1 Å². The minimum atomic E-state index is -4.17. The monoisotopic (exact) mass is 605 g/mol. The Morgan fingerprint density at radius 1 is 0.857 bits per heavy atom. The van der Waals surface area contributed by atoms with Crippen molar-refractivity contribution in [3.8, 4) is 11.5 Å². The zero-order chi connectivity index (χ0) is 30.3. The highest BCUT2D eigenvalue weighted by atomic mass is 35.5. The van der Waals surface area contributed by atoms with E-state index in [0.717, 1.165) is 15.4 Å². The maximum Gasteiger partial charge on any atom is 0.264 e. The number of ether oxygens (including phenoxy) is 1. The van der Waals surface area contributed by atoms with Gasteiger partial charge in [-0.3, -0.25) is 13.9 Å². The molecule has 218 valence electrons. The first-order valence-electron chi connectivity index (χ1n) is 13.3. The van der Waals surface area contributed by atoms with E-state index in [9.17, 15) is 18.0 Å². The van der Waals surface area contributed by atoms with Crippen LogP contribution in [0.15, 0.2) is 108 Å². The molecule has 8 nitrogen and oxygen atoms in total. The highest BCUT2D eigenvalue weighted by Crippen LogP contribution is 2.29. The van der Waals surface area contributed by atoms with Crippen LogP contribution in [-0.4, -0.2) is 44.8 Å². The number of hydrogen-bond acceptors (Lipinski definition) is 5. The van der Waals surface area contributed by atoms with Gasteiger partial charge in [-0.1, -0.05) is 59.6 Å². The molecule has 2 amide bonds. The first-order valence-corrected chi connectivity index (χ1v) is 15.1. The Kier molecular flexibility index (Phi) is 9.88. The Hall–Kier alpha value is -4.34. The van der Waals surface area contributed by atoms with Crippen LogP contribution in [0.5, 0.6) is 11.5 Å². The first-order chi connectivity index (χ1) is 20.1. The van der Waals surface area contributed by atoms with Gasteiger partial charge in [-0.05, 0) is 80.1 Å². The van der Waals surface area contributed by atoms with E-state index in [4.69, 9.17) is 16.3 Å². The van der Waals surface area contributed by atoms with E-state index in [1.54, 1.807) is 67.6 Å². The van der Waals surface area contributed by atoms with Gasteiger partial charge in [0, 0.05) is 18.6 Å². The Bertz CT molecular complexity index is 1610. The molecule has 0 fully saturated rings. The number of benzene rings is 4. The number of hydrogen-bond donors (Lipinski definition) is 1. The highest BCUT2D eigenvalue weighted by molar-refractivity contribution is 7.92. The minimum Gasteiger partial charge on any atom is -0.457 e. The van der Waals surface area contributed by atoms with Crippen molar-refractivity contribution in [1.82, 2.24) is 10.2 Å². The molecule has 0 aliphatic carbocycles. The molecule has 0 saturated heterocycles. The lowest BCUT2D eigenvalue weighted by atomic mass is 10.1. The summed E-state index contributed by atoms with van der Waals surface area (Å²) in [4.78, 5) is 27.9. The van der Waals surface area contributed by atoms with Gasteiger partial charge in [0.25, 0.3) is 10.0 Å². The molecule has 0 saturated carbocycles. The molecule has 1 N–H and O–H groups in total. The van der Waals surface area contributed by atoms with Gasteiger partial charge in [0.1, 0.15) is 24.1 Å². The van der Waals surface area contributed by atoms with Crippen LogP contribution in [-0.2, 0) is 26.2 Å². The summed E-state index contributed by atoms with van der Waals surface area (Å²) in [5.74, 6) is 0.196. The second-order valence-electron chi connectivity index (χ2n) is 9.67. The molecule has 10 heteroatoms. The average Bonchev–Trinajstić information content (AvgIpc) is 3.00. The maximum atomic E-state index is 14.0. The van der Waals surface area contributed by atoms with E-state index in [-0.39, 0.29) is 23.0 Å². The van der Waals surface area contributed by atoms with Crippen LogP contribution in [0.4, 0.5) is 5.69 Å². The lowest BCUT2D eigenvalue weighted by Gasteiger charge is -2.31. The molecule has 4 rings (SSSR count). The van der Waals surface area contributed by atoms with Gasteiger partial charge >= 0.3 is 0 Å². The number of halogens is 1. The third-order valence-corrected chi connectivity index (χ3v) is 8.71. The molecular formula is C32H32ClN3O5S. The van der Waals surface area contributed by atoms with Crippen LogP contribution in [0.3, 0.4) is 0 Å². The number of anilines is 1. The van der Waals surface area contributed by atoms with Crippen molar-refractivity contribution in [1.29, 1.82) is 0 Å². The van der Waals surface area contributed by atoms with Crippen molar-refractivity contribution in [2.45, 2.75) is 31.3 Å². The summed E-state index contributed by atoms with van der Waals surface area (Å²) in [7, 11) is -2.69. The van der Waals surface area contributed by atoms with Gasteiger partial charge in [0.15, 0.2) is 0 Å². The fourth-order valence-electron chi connectivity index (χ4n) is 4.25. The van der Waals surface area contributed by atoms with Gasteiger partial charge in [0.2, 0.25) is 11.8 Å². The first kappa shape index (κ1) is 30.6. The molecule has 0 heterocycles. The maximum absolute atomic E-state index is 14.0. The summed E-state index contributed by atoms with van der Waals surface area (Å²) in [5, 5.41) is 3.10. The number of amides is 2. The zero-order valence-corrected chi connectivity index (χ0v) is 25.1. The third-order valence-electron chi connectivity index (χ3n) is 6.67. The standard InChI is InChI=1S/C32H32ClN3O5S/c1-23-9-19-30(20-10-23)42(39,40)36(27-15-17-29(18-16-27)41-28-7-5-4-6-8-28)22-31(37)35(24(2)32(38)34-3)21-25-11-13-26(33)14-12-25/h4-20,24H,21-22H2,1-3H3,(H,34,38)/t24-/m1/s1. The lowest BCUT2D eigenvalue weighted by Crippen LogP contribution is -2.50. The molecule has 0 aliphatic rings. The molecule has 0 radical (unpaired) electrons. The largest absolute Gasteiger partial charge is 0.457 e. The molecule has 4 aromatic rings. The zero-order valence-electron chi connectivity index (χ0n) is 23.5. The summed E-state index contributed by atoms with van der Waals surface area (Å²) in [6, 6.07) is 28.1. The second kappa shape index (κ2) is 13.5. The normalized spacial score (nSPS) is 11.8. The number of nitrogens with zero attached hydrogens (tertiary/aromatic N) is 2. The number of rotatable bonds is 11. The van der Waals surface area contributed by atoms with Crippen molar-refractivity contribution in [3.63, 3.8) is 0 Å². The molecule has 0 unspecified atom stereocenters. The average molecular weight is 606 g/mol. The van der Waals surface area contributed by atoms with E-state index >= 15 is 0 Å². The molecule has 42 heavy (non-hydrogen) atoms. The summed E-state index contributed by atoms with van der Waals surface area (Å²) in [6.07, 6.45) is 0.